The maximum atomic E-state index is 13.0. The van der Waals surface area contributed by atoms with Crippen molar-refractivity contribution in [2.45, 2.75) is 76.5 Å². The third-order valence-corrected chi connectivity index (χ3v) is 5.13. The second kappa shape index (κ2) is 16.7. The fraction of sp³-hybridized carbons (Fsp3) is 0.667. The van der Waals surface area contributed by atoms with E-state index >= 15 is 0 Å². The first-order valence-electron chi connectivity index (χ1n) is 11.6. The van der Waals surface area contributed by atoms with Gasteiger partial charge in [0.1, 0.15) is 18.1 Å². The first-order chi connectivity index (χ1) is 17.1. The van der Waals surface area contributed by atoms with Crippen LogP contribution in [0.15, 0.2) is 4.99 Å². The molecule has 0 aromatic rings. The molecule has 0 aromatic heterocycles. The number of carboxylic acids is 2. The first-order valence-corrected chi connectivity index (χ1v) is 11.6. The van der Waals surface area contributed by atoms with Crippen LogP contribution in [-0.4, -0.2) is 82.5 Å². The van der Waals surface area contributed by atoms with Crippen molar-refractivity contribution < 1.29 is 39.0 Å². The van der Waals surface area contributed by atoms with Crippen molar-refractivity contribution in [1.29, 1.82) is 0 Å². The standard InChI is InChI=1S/C21H38N8O8/c1-10(2)16(19(35)28-13(20(36)37)6-7-14(23)30)29-18(34)12(4-3-9-26-21(24)25)27-17(33)11(22)5-8-15(31)32/h10-13,16H,3-9,22H2,1-2H3,(H2,23,30)(H,27,33)(H,28,35)(H,29,34)(H,31,32)(H,36,37)(H4,24,25,26). The Kier molecular flexibility index (Phi) is 14.9. The third-order valence-electron chi connectivity index (χ3n) is 5.13. The van der Waals surface area contributed by atoms with E-state index in [1.807, 2.05) is 0 Å². The first kappa shape index (κ1) is 33.0. The Morgan fingerprint density at radius 2 is 1.38 bits per heavy atom. The lowest BCUT2D eigenvalue weighted by atomic mass is 10.0. The van der Waals surface area contributed by atoms with E-state index in [1.165, 1.54) is 0 Å². The van der Waals surface area contributed by atoms with Crippen LogP contribution >= 0.6 is 0 Å². The molecule has 0 heterocycles. The fourth-order valence-electron chi connectivity index (χ4n) is 3.06. The Hall–Kier alpha value is -3.95. The van der Waals surface area contributed by atoms with Crippen LogP contribution in [0.3, 0.4) is 0 Å². The van der Waals surface area contributed by atoms with Crippen LogP contribution in [0.5, 0.6) is 0 Å². The van der Waals surface area contributed by atoms with Crippen LogP contribution in [-0.2, 0) is 28.8 Å². The molecule has 37 heavy (non-hydrogen) atoms. The predicted molar refractivity (Wildman–Crippen MR) is 131 cm³/mol. The average molecular weight is 531 g/mol. The summed E-state index contributed by atoms with van der Waals surface area (Å²) in [6, 6.07) is -4.99. The number of nitrogens with one attached hydrogen (secondary N) is 3. The van der Waals surface area contributed by atoms with Gasteiger partial charge in [0, 0.05) is 19.4 Å². The number of amides is 4. The van der Waals surface area contributed by atoms with Gasteiger partial charge in [-0.05, 0) is 31.6 Å². The van der Waals surface area contributed by atoms with Crippen LogP contribution in [0.1, 0.15) is 52.4 Å². The number of rotatable bonds is 18. The molecule has 4 amide bonds. The summed E-state index contributed by atoms with van der Waals surface area (Å²) in [5, 5.41) is 25.3. The normalized spacial score (nSPS) is 13.9. The Morgan fingerprint density at radius 3 is 1.86 bits per heavy atom. The lowest BCUT2D eigenvalue weighted by Gasteiger charge is -2.27. The van der Waals surface area contributed by atoms with E-state index in [0.717, 1.165) is 0 Å². The van der Waals surface area contributed by atoms with Gasteiger partial charge in [-0.3, -0.25) is 29.0 Å². The maximum Gasteiger partial charge on any atom is 0.326 e. The van der Waals surface area contributed by atoms with Crippen molar-refractivity contribution in [3.05, 3.63) is 0 Å². The number of nitrogens with zero attached hydrogens (tertiary/aromatic N) is 1. The highest BCUT2D eigenvalue weighted by Crippen LogP contribution is 2.08. The summed E-state index contributed by atoms with van der Waals surface area (Å²) in [7, 11) is 0. The number of hydrogen-bond donors (Lipinski definition) is 9. The number of carboxylic acid groups (broad SMARTS) is 2. The zero-order valence-corrected chi connectivity index (χ0v) is 20.9. The van der Waals surface area contributed by atoms with Gasteiger partial charge in [-0.15, -0.1) is 0 Å². The second-order valence-electron chi connectivity index (χ2n) is 8.68. The third kappa shape index (κ3) is 14.3. The van der Waals surface area contributed by atoms with Crippen molar-refractivity contribution in [1.82, 2.24) is 16.0 Å². The van der Waals surface area contributed by atoms with Crippen LogP contribution in [0.25, 0.3) is 0 Å². The van der Waals surface area contributed by atoms with E-state index in [0.29, 0.717) is 0 Å². The second-order valence-corrected chi connectivity index (χ2v) is 8.68. The van der Waals surface area contributed by atoms with E-state index in [2.05, 4.69) is 20.9 Å². The monoisotopic (exact) mass is 530 g/mol. The van der Waals surface area contributed by atoms with Crippen molar-refractivity contribution >= 4 is 41.5 Å². The van der Waals surface area contributed by atoms with Crippen LogP contribution in [0.2, 0.25) is 0 Å². The van der Waals surface area contributed by atoms with Crippen molar-refractivity contribution in [3.63, 3.8) is 0 Å². The molecule has 0 bridgehead atoms. The fourth-order valence-corrected chi connectivity index (χ4v) is 3.06. The molecule has 0 rings (SSSR count). The lowest BCUT2D eigenvalue weighted by Crippen LogP contribution is -2.58. The molecule has 0 saturated heterocycles. The highest BCUT2D eigenvalue weighted by atomic mass is 16.4. The Labute approximate surface area is 214 Å². The molecule has 4 unspecified atom stereocenters. The molecule has 0 fully saturated rings. The molecule has 0 aliphatic heterocycles. The number of hydrogen-bond acceptors (Lipinski definition) is 8. The molecule has 0 aliphatic carbocycles. The summed E-state index contributed by atoms with van der Waals surface area (Å²) in [5.74, 6) is -6.28. The number of carbonyl (C=O) groups is 6. The van der Waals surface area contributed by atoms with Crippen LogP contribution in [0, 0.1) is 5.92 Å². The van der Waals surface area contributed by atoms with E-state index in [1.54, 1.807) is 13.8 Å². The van der Waals surface area contributed by atoms with Crippen LogP contribution in [0.4, 0.5) is 0 Å². The minimum absolute atomic E-state index is 0.0444. The number of nitrogens with two attached hydrogens (primary N) is 4. The molecule has 0 radical (unpaired) electrons. The number of guanidine groups is 1. The average Bonchev–Trinajstić information content (AvgIpc) is 2.79. The van der Waals surface area contributed by atoms with Gasteiger partial charge in [0.15, 0.2) is 5.96 Å². The van der Waals surface area contributed by atoms with Gasteiger partial charge in [0.25, 0.3) is 0 Å². The quantitative estimate of drug-likeness (QED) is 0.0480. The summed E-state index contributed by atoms with van der Waals surface area (Å²) < 4.78 is 0. The highest BCUT2D eigenvalue weighted by molar-refractivity contribution is 5.94. The minimum atomic E-state index is -1.42. The van der Waals surface area contributed by atoms with Gasteiger partial charge in [0.2, 0.25) is 23.6 Å². The minimum Gasteiger partial charge on any atom is -0.481 e. The molecule has 16 nitrogen and oxygen atoms in total. The van der Waals surface area contributed by atoms with Gasteiger partial charge < -0.3 is 49.1 Å². The van der Waals surface area contributed by atoms with Crippen molar-refractivity contribution in [2.75, 3.05) is 6.54 Å². The van der Waals surface area contributed by atoms with Gasteiger partial charge in [-0.25, -0.2) is 4.79 Å². The van der Waals surface area contributed by atoms with Gasteiger partial charge >= 0.3 is 11.9 Å². The van der Waals surface area contributed by atoms with Gasteiger partial charge in [-0.1, -0.05) is 13.8 Å². The summed E-state index contributed by atoms with van der Waals surface area (Å²) in [6.45, 7) is 3.36. The molecule has 0 spiro atoms. The SMILES string of the molecule is CC(C)C(NC(=O)C(CCCN=C(N)N)NC(=O)C(N)CCC(=O)O)C(=O)NC(CCC(N)=O)C(=O)O. The smallest absolute Gasteiger partial charge is 0.326 e. The largest absolute Gasteiger partial charge is 0.481 e. The Morgan fingerprint density at radius 1 is 0.784 bits per heavy atom. The summed E-state index contributed by atoms with van der Waals surface area (Å²) in [5.41, 5.74) is 21.3. The zero-order chi connectivity index (χ0) is 28.7. The zero-order valence-electron chi connectivity index (χ0n) is 20.9. The lowest BCUT2D eigenvalue weighted by molar-refractivity contribution is -0.143. The van der Waals surface area contributed by atoms with E-state index in [4.69, 9.17) is 28.0 Å². The number of primary amides is 1. The molecule has 0 aliphatic rings. The summed E-state index contributed by atoms with van der Waals surface area (Å²) >= 11 is 0. The molecule has 0 saturated carbocycles. The van der Waals surface area contributed by atoms with E-state index < -0.39 is 65.7 Å². The van der Waals surface area contributed by atoms with Gasteiger partial charge in [-0.2, -0.15) is 0 Å². The van der Waals surface area contributed by atoms with E-state index in [-0.39, 0.29) is 51.0 Å². The summed E-state index contributed by atoms with van der Waals surface area (Å²) in [4.78, 5) is 75.3. The number of carbonyl (C=O) groups excluding carboxylic acids is 4. The molecule has 16 heteroatoms. The van der Waals surface area contributed by atoms with Gasteiger partial charge in [0.05, 0.1) is 6.04 Å². The van der Waals surface area contributed by atoms with E-state index in [9.17, 15) is 33.9 Å². The highest BCUT2D eigenvalue weighted by Gasteiger charge is 2.32. The number of aliphatic imine (C=N–C) groups is 1. The Bertz CT molecular complexity index is 859. The Balaban J connectivity index is 5.54. The van der Waals surface area contributed by atoms with Crippen molar-refractivity contribution in [2.24, 2.45) is 33.8 Å². The molecular weight excluding hydrogens is 492 g/mol. The molecular formula is C21H38N8O8. The maximum absolute atomic E-state index is 13.0. The molecule has 13 N–H and O–H groups in total. The molecule has 4 atom stereocenters. The summed E-state index contributed by atoms with van der Waals surface area (Å²) in [6.07, 6.45) is -0.737. The molecule has 0 aromatic carbocycles. The van der Waals surface area contributed by atoms with Crippen LogP contribution < -0.4 is 38.9 Å². The van der Waals surface area contributed by atoms with Crippen molar-refractivity contribution in [3.8, 4) is 0 Å². The predicted octanol–water partition coefficient (Wildman–Crippen LogP) is -3.31. The molecule has 210 valence electrons. The topological polar surface area (TPSA) is 295 Å². The number of aliphatic carboxylic acids is 2.